The zero-order valence-corrected chi connectivity index (χ0v) is 14.4. The molecule has 124 valence electrons. The van der Waals surface area contributed by atoms with E-state index in [9.17, 15) is 9.59 Å². The molecular weight excluding hydrogens is 290 g/mol. The number of hydrogen-bond donors (Lipinski definition) is 0. The maximum absolute atomic E-state index is 12.8. The van der Waals surface area contributed by atoms with Gasteiger partial charge in [-0.05, 0) is 43.7 Å². The molecule has 0 bridgehead atoms. The summed E-state index contributed by atoms with van der Waals surface area (Å²) in [4.78, 5) is 27.3. The van der Waals surface area contributed by atoms with Crippen LogP contribution in [0, 0.1) is 31.1 Å². The van der Waals surface area contributed by atoms with E-state index in [2.05, 4.69) is 0 Å². The van der Waals surface area contributed by atoms with Crippen LogP contribution in [0.4, 0.5) is 5.69 Å². The van der Waals surface area contributed by atoms with E-state index < -0.39 is 5.41 Å². The number of rotatable bonds is 4. The molecule has 2 fully saturated rings. The van der Waals surface area contributed by atoms with Gasteiger partial charge < -0.3 is 9.64 Å². The third kappa shape index (κ3) is 2.44. The van der Waals surface area contributed by atoms with Crippen molar-refractivity contribution in [1.82, 2.24) is 0 Å². The third-order valence-electron chi connectivity index (χ3n) is 5.21. The molecule has 2 atom stereocenters. The van der Waals surface area contributed by atoms with Crippen LogP contribution in [0.5, 0.6) is 0 Å². The molecule has 0 aromatic heterocycles. The van der Waals surface area contributed by atoms with Gasteiger partial charge in [0.25, 0.3) is 0 Å². The maximum atomic E-state index is 12.8. The Labute approximate surface area is 137 Å². The molecule has 23 heavy (non-hydrogen) atoms. The SMILES string of the molecule is Cc1cccc(C)c1N1CC2(C(=O)OCC(C)C)CCC2C1=O. The molecule has 3 rings (SSSR count). The second kappa shape index (κ2) is 5.66. The molecular formula is C19H25NO3. The van der Waals surface area contributed by atoms with Crippen molar-refractivity contribution in [2.45, 2.75) is 40.5 Å². The molecule has 0 radical (unpaired) electrons. The fraction of sp³-hybridized carbons (Fsp3) is 0.579. The number of fused-ring (bicyclic) bond motifs is 1. The predicted molar refractivity (Wildman–Crippen MR) is 89.2 cm³/mol. The van der Waals surface area contributed by atoms with Crippen LogP contribution in [0.2, 0.25) is 0 Å². The lowest BCUT2D eigenvalue weighted by molar-refractivity contribution is -0.167. The van der Waals surface area contributed by atoms with E-state index in [0.29, 0.717) is 19.1 Å². The van der Waals surface area contributed by atoms with Crippen molar-refractivity contribution >= 4 is 17.6 Å². The van der Waals surface area contributed by atoms with Crippen molar-refractivity contribution in [3.8, 4) is 0 Å². The average molecular weight is 315 g/mol. The van der Waals surface area contributed by atoms with Crippen LogP contribution in [0.15, 0.2) is 18.2 Å². The van der Waals surface area contributed by atoms with Crippen LogP contribution in [-0.2, 0) is 14.3 Å². The van der Waals surface area contributed by atoms with Crippen molar-refractivity contribution in [2.75, 3.05) is 18.1 Å². The van der Waals surface area contributed by atoms with Gasteiger partial charge in [0, 0.05) is 12.2 Å². The van der Waals surface area contributed by atoms with Crippen LogP contribution in [0.3, 0.4) is 0 Å². The fourth-order valence-corrected chi connectivity index (χ4v) is 3.85. The second-order valence-corrected chi connectivity index (χ2v) is 7.40. The summed E-state index contributed by atoms with van der Waals surface area (Å²) in [5, 5.41) is 0. The molecule has 1 aromatic carbocycles. The molecule has 1 saturated carbocycles. The third-order valence-corrected chi connectivity index (χ3v) is 5.21. The summed E-state index contributed by atoms with van der Waals surface area (Å²) in [5.74, 6) is -0.0125. The van der Waals surface area contributed by atoms with E-state index in [4.69, 9.17) is 4.74 Å². The standard InChI is InChI=1S/C19H25NO3/c1-12(2)10-23-18(22)19-9-8-15(19)17(21)20(11-19)16-13(3)6-5-7-14(16)4/h5-7,12,15H,8-11H2,1-4H3. The van der Waals surface area contributed by atoms with Gasteiger partial charge >= 0.3 is 5.97 Å². The first-order valence-corrected chi connectivity index (χ1v) is 8.41. The Kier molecular flexibility index (Phi) is 3.95. The number of para-hydroxylation sites is 1. The number of anilines is 1. The van der Waals surface area contributed by atoms with Crippen molar-refractivity contribution in [3.63, 3.8) is 0 Å². The van der Waals surface area contributed by atoms with E-state index in [0.717, 1.165) is 29.7 Å². The summed E-state index contributed by atoms with van der Waals surface area (Å²) in [6, 6.07) is 6.02. The molecule has 2 unspecified atom stereocenters. The topological polar surface area (TPSA) is 46.6 Å². The van der Waals surface area contributed by atoms with Crippen LogP contribution in [0.1, 0.15) is 37.8 Å². The molecule has 0 spiro atoms. The normalized spacial score (nSPS) is 26.2. The van der Waals surface area contributed by atoms with Gasteiger partial charge in [0.15, 0.2) is 0 Å². The lowest BCUT2D eigenvalue weighted by Crippen LogP contribution is -2.48. The number of nitrogens with zero attached hydrogens (tertiary/aromatic N) is 1. The summed E-state index contributed by atoms with van der Waals surface area (Å²) >= 11 is 0. The number of aryl methyl sites for hydroxylation is 2. The summed E-state index contributed by atoms with van der Waals surface area (Å²) in [7, 11) is 0. The van der Waals surface area contributed by atoms with E-state index in [-0.39, 0.29) is 17.8 Å². The van der Waals surface area contributed by atoms with Crippen molar-refractivity contribution in [2.24, 2.45) is 17.3 Å². The molecule has 1 amide bonds. The molecule has 1 heterocycles. The highest BCUT2D eigenvalue weighted by Crippen LogP contribution is 2.54. The van der Waals surface area contributed by atoms with E-state index in [1.54, 1.807) is 0 Å². The molecule has 1 aromatic rings. The van der Waals surface area contributed by atoms with Gasteiger partial charge in [-0.1, -0.05) is 32.0 Å². The first kappa shape index (κ1) is 16.0. The Bertz CT molecular complexity index is 632. The lowest BCUT2D eigenvalue weighted by atomic mass is 9.62. The van der Waals surface area contributed by atoms with Gasteiger partial charge in [-0.15, -0.1) is 0 Å². The average Bonchev–Trinajstić information content (AvgIpc) is 2.64. The number of esters is 1. The van der Waals surface area contributed by atoms with Gasteiger partial charge in [0.05, 0.1) is 17.9 Å². The van der Waals surface area contributed by atoms with Gasteiger partial charge in [0.2, 0.25) is 5.91 Å². The smallest absolute Gasteiger partial charge is 0.314 e. The Morgan fingerprint density at radius 3 is 2.52 bits per heavy atom. The first-order chi connectivity index (χ1) is 10.9. The monoisotopic (exact) mass is 315 g/mol. The van der Waals surface area contributed by atoms with Crippen molar-refractivity contribution in [1.29, 1.82) is 0 Å². The largest absolute Gasteiger partial charge is 0.465 e. The molecule has 2 aliphatic rings. The molecule has 1 aliphatic carbocycles. The van der Waals surface area contributed by atoms with E-state index >= 15 is 0 Å². The van der Waals surface area contributed by atoms with Gasteiger partial charge in [-0.25, -0.2) is 0 Å². The van der Waals surface area contributed by atoms with Gasteiger partial charge in [0.1, 0.15) is 0 Å². The number of benzene rings is 1. The Morgan fingerprint density at radius 1 is 1.35 bits per heavy atom. The van der Waals surface area contributed by atoms with Crippen LogP contribution >= 0.6 is 0 Å². The fourth-order valence-electron chi connectivity index (χ4n) is 3.85. The maximum Gasteiger partial charge on any atom is 0.314 e. The van der Waals surface area contributed by atoms with Gasteiger partial charge in [-0.3, -0.25) is 9.59 Å². The number of hydrogen-bond acceptors (Lipinski definition) is 3. The minimum Gasteiger partial charge on any atom is -0.465 e. The Morgan fingerprint density at radius 2 is 2.00 bits per heavy atom. The highest BCUT2D eigenvalue weighted by Gasteiger charge is 2.64. The molecule has 1 aliphatic heterocycles. The lowest BCUT2D eigenvalue weighted by Gasteiger charge is -2.39. The number of carbonyl (C=O) groups is 2. The molecule has 4 heteroatoms. The zero-order valence-electron chi connectivity index (χ0n) is 14.4. The highest BCUT2D eigenvalue weighted by atomic mass is 16.5. The Hall–Kier alpha value is -1.84. The van der Waals surface area contributed by atoms with Crippen LogP contribution in [0.25, 0.3) is 0 Å². The summed E-state index contributed by atoms with van der Waals surface area (Å²) in [5.41, 5.74) is 2.49. The zero-order chi connectivity index (χ0) is 16.8. The summed E-state index contributed by atoms with van der Waals surface area (Å²) < 4.78 is 5.49. The van der Waals surface area contributed by atoms with Gasteiger partial charge in [-0.2, -0.15) is 0 Å². The van der Waals surface area contributed by atoms with E-state index in [1.807, 2.05) is 50.8 Å². The predicted octanol–water partition coefficient (Wildman–Crippen LogP) is 3.25. The van der Waals surface area contributed by atoms with Crippen molar-refractivity contribution in [3.05, 3.63) is 29.3 Å². The Balaban J connectivity index is 1.88. The molecule has 4 nitrogen and oxygen atoms in total. The first-order valence-electron chi connectivity index (χ1n) is 8.41. The summed E-state index contributed by atoms with van der Waals surface area (Å²) in [6.07, 6.45) is 1.54. The summed E-state index contributed by atoms with van der Waals surface area (Å²) in [6.45, 7) is 8.95. The van der Waals surface area contributed by atoms with E-state index in [1.165, 1.54) is 0 Å². The second-order valence-electron chi connectivity index (χ2n) is 7.40. The molecule has 0 N–H and O–H groups in total. The van der Waals surface area contributed by atoms with Crippen molar-refractivity contribution < 1.29 is 14.3 Å². The number of amides is 1. The van der Waals surface area contributed by atoms with Crippen LogP contribution < -0.4 is 4.90 Å². The molecule has 1 saturated heterocycles. The highest BCUT2D eigenvalue weighted by molar-refractivity contribution is 6.05. The number of ether oxygens (including phenoxy) is 1. The minimum absolute atomic E-state index is 0.0788. The number of carbonyl (C=O) groups excluding carboxylic acids is 2. The minimum atomic E-state index is -0.624. The quantitative estimate of drug-likeness (QED) is 0.801. The van der Waals surface area contributed by atoms with Crippen LogP contribution in [-0.4, -0.2) is 25.0 Å².